The molecule has 1 aromatic heterocycles. The van der Waals surface area contributed by atoms with E-state index in [9.17, 15) is 9.18 Å². The summed E-state index contributed by atoms with van der Waals surface area (Å²) in [5.74, 6) is -0.901. The number of hydrogen-bond donors (Lipinski definition) is 0. The van der Waals surface area contributed by atoms with Crippen molar-refractivity contribution in [1.29, 1.82) is 0 Å². The van der Waals surface area contributed by atoms with E-state index in [-0.39, 0.29) is 16.5 Å². The van der Waals surface area contributed by atoms with Crippen molar-refractivity contribution in [3.8, 4) is 0 Å². The number of nitrogens with zero attached hydrogens (tertiary/aromatic N) is 3. The largest absolute Gasteiger partial charge is 0.336 e. The molecule has 0 unspecified atom stereocenters. The molecule has 24 heavy (non-hydrogen) atoms. The number of carbonyl (C=O) groups is 1. The number of aryl methyl sites for hydroxylation is 2. The number of amides is 1. The quantitative estimate of drug-likeness (QED) is 0.833. The maximum atomic E-state index is 13.9. The lowest BCUT2D eigenvalue weighted by atomic mass is 10.1. The van der Waals surface area contributed by atoms with Crippen LogP contribution in [0.2, 0.25) is 5.02 Å². The number of rotatable bonds is 3. The van der Waals surface area contributed by atoms with Crippen molar-refractivity contribution < 1.29 is 9.18 Å². The molecule has 2 heterocycles. The molecule has 0 N–H and O–H groups in total. The van der Waals surface area contributed by atoms with Crippen molar-refractivity contribution in [2.24, 2.45) is 0 Å². The number of piperazine rings is 1. The fourth-order valence-electron chi connectivity index (χ4n) is 2.77. The zero-order valence-corrected chi connectivity index (χ0v) is 15.3. The minimum absolute atomic E-state index is 0.0289. The van der Waals surface area contributed by atoms with Crippen LogP contribution in [-0.2, 0) is 6.54 Å². The standard InChI is InChI=1S/C17H19ClFN3OS/c1-11-12(2)24-15(20-11)10-21-6-8-22(9-7-21)17(23)16-13(18)4-3-5-14(16)19/h3-5H,6-10H2,1-2H3. The zero-order valence-electron chi connectivity index (χ0n) is 13.7. The van der Waals surface area contributed by atoms with Gasteiger partial charge in [0.25, 0.3) is 5.91 Å². The molecular formula is C17H19ClFN3OS. The lowest BCUT2D eigenvalue weighted by Gasteiger charge is -2.34. The molecule has 1 amide bonds. The molecule has 7 heteroatoms. The van der Waals surface area contributed by atoms with Gasteiger partial charge in [-0.05, 0) is 26.0 Å². The smallest absolute Gasteiger partial charge is 0.258 e. The average Bonchev–Trinajstić information content (AvgIpc) is 2.85. The molecular weight excluding hydrogens is 349 g/mol. The highest BCUT2D eigenvalue weighted by Crippen LogP contribution is 2.22. The van der Waals surface area contributed by atoms with E-state index in [0.717, 1.165) is 30.3 Å². The Morgan fingerprint density at radius 1 is 1.29 bits per heavy atom. The Kier molecular flexibility index (Phi) is 5.18. The first-order valence-electron chi connectivity index (χ1n) is 7.84. The summed E-state index contributed by atoms with van der Waals surface area (Å²) in [6.07, 6.45) is 0. The number of hydrogen-bond acceptors (Lipinski definition) is 4. The summed E-state index contributed by atoms with van der Waals surface area (Å²) in [7, 11) is 0. The van der Waals surface area contributed by atoms with Crippen LogP contribution in [0.25, 0.3) is 0 Å². The van der Waals surface area contributed by atoms with Gasteiger partial charge in [0.2, 0.25) is 0 Å². The van der Waals surface area contributed by atoms with E-state index in [1.807, 2.05) is 6.92 Å². The van der Waals surface area contributed by atoms with Crippen LogP contribution >= 0.6 is 22.9 Å². The van der Waals surface area contributed by atoms with Crippen molar-refractivity contribution in [1.82, 2.24) is 14.8 Å². The second-order valence-electron chi connectivity index (χ2n) is 5.91. The van der Waals surface area contributed by atoms with Gasteiger partial charge in [-0.15, -0.1) is 11.3 Å². The molecule has 1 fully saturated rings. The molecule has 0 bridgehead atoms. The Balaban J connectivity index is 1.61. The van der Waals surface area contributed by atoms with Gasteiger partial charge in [0.05, 0.1) is 22.8 Å². The van der Waals surface area contributed by atoms with Crippen LogP contribution < -0.4 is 0 Å². The fourth-order valence-corrected chi connectivity index (χ4v) is 3.99. The second-order valence-corrected chi connectivity index (χ2v) is 7.61. The maximum Gasteiger partial charge on any atom is 0.258 e. The molecule has 0 atom stereocenters. The van der Waals surface area contributed by atoms with Crippen molar-refractivity contribution in [2.75, 3.05) is 26.2 Å². The summed E-state index contributed by atoms with van der Waals surface area (Å²) in [6.45, 7) is 7.50. The number of thiazole rings is 1. The third-order valence-electron chi connectivity index (χ3n) is 4.27. The van der Waals surface area contributed by atoms with Gasteiger partial charge in [-0.25, -0.2) is 9.37 Å². The van der Waals surface area contributed by atoms with Gasteiger partial charge in [0.15, 0.2) is 0 Å². The topological polar surface area (TPSA) is 36.4 Å². The monoisotopic (exact) mass is 367 g/mol. The summed E-state index contributed by atoms with van der Waals surface area (Å²) in [5.41, 5.74) is 1.05. The molecule has 4 nitrogen and oxygen atoms in total. The molecule has 0 aliphatic carbocycles. The Morgan fingerprint density at radius 3 is 2.58 bits per heavy atom. The van der Waals surface area contributed by atoms with Gasteiger partial charge < -0.3 is 4.90 Å². The molecule has 3 rings (SSSR count). The molecule has 2 aromatic rings. The van der Waals surface area contributed by atoms with Crippen LogP contribution in [0.4, 0.5) is 4.39 Å². The number of carbonyl (C=O) groups excluding carboxylic acids is 1. The number of halogens is 2. The van der Waals surface area contributed by atoms with Crippen LogP contribution in [-0.4, -0.2) is 46.9 Å². The average molecular weight is 368 g/mol. The third-order valence-corrected chi connectivity index (χ3v) is 5.64. The first kappa shape index (κ1) is 17.3. The van der Waals surface area contributed by atoms with E-state index in [1.54, 1.807) is 22.3 Å². The van der Waals surface area contributed by atoms with E-state index in [2.05, 4.69) is 16.8 Å². The van der Waals surface area contributed by atoms with E-state index < -0.39 is 5.82 Å². The summed E-state index contributed by atoms with van der Waals surface area (Å²) < 4.78 is 13.9. The third kappa shape index (κ3) is 3.61. The van der Waals surface area contributed by atoms with Crippen molar-refractivity contribution in [3.05, 3.63) is 50.2 Å². The molecule has 1 aliphatic rings. The molecule has 0 radical (unpaired) electrons. The summed E-state index contributed by atoms with van der Waals surface area (Å²) >= 11 is 7.71. The maximum absolute atomic E-state index is 13.9. The fraction of sp³-hybridized carbons (Fsp3) is 0.412. The highest BCUT2D eigenvalue weighted by atomic mass is 35.5. The SMILES string of the molecule is Cc1nc(CN2CCN(C(=O)c3c(F)cccc3Cl)CC2)sc1C. The lowest BCUT2D eigenvalue weighted by Crippen LogP contribution is -2.48. The van der Waals surface area contributed by atoms with E-state index in [0.29, 0.717) is 13.1 Å². The highest BCUT2D eigenvalue weighted by Gasteiger charge is 2.26. The molecule has 1 aliphatic heterocycles. The normalized spacial score (nSPS) is 15.8. The van der Waals surface area contributed by atoms with Crippen molar-refractivity contribution in [2.45, 2.75) is 20.4 Å². The van der Waals surface area contributed by atoms with E-state index in [1.165, 1.54) is 17.0 Å². The van der Waals surface area contributed by atoms with Gasteiger partial charge in [0.1, 0.15) is 10.8 Å². The van der Waals surface area contributed by atoms with Crippen molar-refractivity contribution >= 4 is 28.8 Å². The van der Waals surface area contributed by atoms with E-state index >= 15 is 0 Å². The molecule has 0 spiro atoms. The first-order chi connectivity index (χ1) is 11.5. The lowest BCUT2D eigenvalue weighted by molar-refractivity contribution is 0.0624. The van der Waals surface area contributed by atoms with Gasteiger partial charge in [-0.2, -0.15) is 0 Å². The van der Waals surface area contributed by atoms with Crippen molar-refractivity contribution in [3.63, 3.8) is 0 Å². The second kappa shape index (κ2) is 7.17. The minimum atomic E-state index is -0.566. The predicted molar refractivity (Wildman–Crippen MR) is 94.2 cm³/mol. The van der Waals surface area contributed by atoms with Gasteiger partial charge in [-0.3, -0.25) is 9.69 Å². The van der Waals surface area contributed by atoms with Crippen LogP contribution in [0.15, 0.2) is 18.2 Å². The Morgan fingerprint density at radius 2 is 2.00 bits per heavy atom. The van der Waals surface area contributed by atoms with Crippen LogP contribution in [0, 0.1) is 19.7 Å². The van der Waals surface area contributed by atoms with Gasteiger partial charge in [0, 0.05) is 31.1 Å². The molecule has 1 aromatic carbocycles. The predicted octanol–water partition coefficient (Wildman–Crippen LogP) is 3.51. The molecule has 1 saturated heterocycles. The number of benzene rings is 1. The summed E-state index contributed by atoms with van der Waals surface area (Å²) in [6, 6.07) is 4.31. The minimum Gasteiger partial charge on any atom is -0.336 e. The zero-order chi connectivity index (χ0) is 17.3. The molecule has 0 saturated carbocycles. The Labute approximate surface area is 149 Å². The van der Waals surface area contributed by atoms with Gasteiger partial charge in [-0.1, -0.05) is 17.7 Å². The van der Waals surface area contributed by atoms with Gasteiger partial charge >= 0.3 is 0 Å². The van der Waals surface area contributed by atoms with Crippen LogP contribution in [0.5, 0.6) is 0 Å². The highest BCUT2D eigenvalue weighted by molar-refractivity contribution is 7.11. The van der Waals surface area contributed by atoms with Crippen LogP contribution in [0.1, 0.15) is 25.9 Å². The van der Waals surface area contributed by atoms with E-state index in [4.69, 9.17) is 11.6 Å². The Bertz CT molecular complexity index is 717. The molecule has 128 valence electrons. The number of aromatic nitrogens is 1. The summed E-state index contributed by atoms with van der Waals surface area (Å²) in [5, 5.41) is 1.26. The summed E-state index contributed by atoms with van der Waals surface area (Å²) in [4.78, 5) is 22.3. The van der Waals surface area contributed by atoms with Crippen LogP contribution in [0.3, 0.4) is 0 Å². The Hall–Kier alpha value is -1.50. The first-order valence-corrected chi connectivity index (χ1v) is 9.03.